The normalized spacial score (nSPS) is 11.7. The van der Waals surface area contributed by atoms with Crippen molar-refractivity contribution in [1.29, 1.82) is 0 Å². The van der Waals surface area contributed by atoms with E-state index in [-0.39, 0.29) is 17.9 Å². The summed E-state index contributed by atoms with van der Waals surface area (Å²) in [5.74, 6) is -2.77. The summed E-state index contributed by atoms with van der Waals surface area (Å²) in [6.07, 6.45) is -0.163. The smallest absolute Gasteiger partial charge is 0.306 e. The molecule has 2 N–H and O–H groups in total. The summed E-state index contributed by atoms with van der Waals surface area (Å²) in [5, 5.41) is 11.1. The van der Waals surface area contributed by atoms with Crippen molar-refractivity contribution in [1.82, 2.24) is 0 Å². The highest BCUT2D eigenvalue weighted by Crippen LogP contribution is 2.21. The number of aliphatic carboxylic acids is 1. The van der Waals surface area contributed by atoms with Crippen LogP contribution in [0.15, 0.2) is 18.2 Å². The quantitative estimate of drug-likeness (QED) is 0.830. The second-order valence-electron chi connectivity index (χ2n) is 4.07. The molecule has 0 aromatic heterocycles. The van der Waals surface area contributed by atoms with Crippen LogP contribution in [0, 0.1) is 11.7 Å². The van der Waals surface area contributed by atoms with E-state index in [4.69, 9.17) is 9.84 Å². The van der Waals surface area contributed by atoms with E-state index < -0.39 is 23.6 Å². The van der Waals surface area contributed by atoms with E-state index in [2.05, 4.69) is 5.32 Å². The van der Waals surface area contributed by atoms with Crippen LogP contribution in [0.1, 0.15) is 20.3 Å². The molecule has 1 atom stereocenters. The molecule has 1 unspecified atom stereocenters. The summed E-state index contributed by atoms with van der Waals surface area (Å²) in [6, 6.07) is 4.04. The van der Waals surface area contributed by atoms with Crippen LogP contribution in [0.2, 0.25) is 0 Å². The molecule has 0 saturated carbocycles. The third-order valence-electron chi connectivity index (χ3n) is 2.43. The van der Waals surface area contributed by atoms with E-state index in [1.165, 1.54) is 19.1 Å². The Morgan fingerprint density at radius 2 is 2.16 bits per heavy atom. The molecule has 0 heterocycles. The SMILES string of the molecule is CCOc1ccc(NC(=O)CC(C)C(=O)O)cc1F. The molecule has 1 amide bonds. The predicted molar refractivity (Wildman–Crippen MR) is 67.6 cm³/mol. The molecule has 104 valence electrons. The lowest BCUT2D eigenvalue weighted by atomic mass is 10.1. The lowest BCUT2D eigenvalue weighted by Gasteiger charge is -2.09. The number of halogens is 1. The molecule has 0 spiro atoms. The Labute approximate surface area is 110 Å². The third kappa shape index (κ3) is 4.57. The number of amides is 1. The minimum absolute atomic E-state index is 0.111. The van der Waals surface area contributed by atoms with Gasteiger partial charge < -0.3 is 15.2 Å². The largest absolute Gasteiger partial charge is 0.491 e. The molecule has 1 aromatic rings. The Bertz CT molecular complexity index is 476. The van der Waals surface area contributed by atoms with Gasteiger partial charge in [-0.3, -0.25) is 9.59 Å². The molecule has 0 fully saturated rings. The van der Waals surface area contributed by atoms with Gasteiger partial charge in [-0.2, -0.15) is 0 Å². The first-order valence-electron chi connectivity index (χ1n) is 5.89. The Kier molecular flexibility index (Phi) is 5.29. The van der Waals surface area contributed by atoms with Gasteiger partial charge in [-0.1, -0.05) is 6.92 Å². The molecule has 5 nitrogen and oxygen atoms in total. The average Bonchev–Trinajstić information content (AvgIpc) is 2.32. The van der Waals surface area contributed by atoms with Crippen LogP contribution in [0.5, 0.6) is 5.75 Å². The second kappa shape index (κ2) is 6.72. The molecule has 6 heteroatoms. The zero-order chi connectivity index (χ0) is 14.4. The van der Waals surface area contributed by atoms with Crippen LogP contribution in [-0.2, 0) is 9.59 Å². The lowest BCUT2D eigenvalue weighted by molar-refractivity contribution is -0.142. The summed E-state index contributed by atoms with van der Waals surface area (Å²) in [4.78, 5) is 22.1. The monoisotopic (exact) mass is 269 g/mol. The van der Waals surface area contributed by atoms with Crippen LogP contribution < -0.4 is 10.1 Å². The number of rotatable bonds is 6. The fraction of sp³-hybridized carbons (Fsp3) is 0.385. The van der Waals surface area contributed by atoms with Gasteiger partial charge >= 0.3 is 5.97 Å². The molecular weight excluding hydrogens is 253 g/mol. The Hall–Kier alpha value is -2.11. The Balaban J connectivity index is 2.65. The fourth-order valence-electron chi connectivity index (χ4n) is 1.43. The molecule has 19 heavy (non-hydrogen) atoms. The molecule has 0 aliphatic carbocycles. The zero-order valence-corrected chi connectivity index (χ0v) is 10.8. The number of carbonyl (C=O) groups is 2. The maximum Gasteiger partial charge on any atom is 0.306 e. The number of carbonyl (C=O) groups excluding carboxylic acids is 1. The summed E-state index contributed by atoms with van der Waals surface area (Å²) in [7, 11) is 0. The zero-order valence-electron chi connectivity index (χ0n) is 10.8. The first-order valence-corrected chi connectivity index (χ1v) is 5.89. The highest BCUT2D eigenvalue weighted by atomic mass is 19.1. The van der Waals surface area contributed by atoms with E-state index in [1.807, 2.05) is 0 Å². The van der Waals surface area contributed by atoms with Gasteiger partial charge in [-0.15, -0.1) is 0 Å². The van der Waals surface area contributed by atoms with Gasteiger partial charge in [0.1, 0.15) is 0 Å². The molecule has 0 aliphatic rings. The molecule has 1 rings (SSSR count). The minimum Gasteiger partial charge on any atom is -0.491 e. The molecule has 0 radical (unpaired) electrons. The topological polar surface area (TPSA) is 75.6 Å². The Morgan fingerprint density at radius 1 is 1.47 bits per heavy atom. The molecular formula is C13H16FNO4. The van der Waals surface area contributed by atoms with Gasteiger partial charge in [0.25, 0.3) is 0 Å². The fourth-order valence-corrected chi connectivity index (χ4v) is 1.43. The van der Waals surface area contributed by atoms with E-state index in [0.29, 0.717) is 6.61 Å². The lowest BCUT2D eigenvalue weighted by Crippen LogP contribution is -2.20. The predicted octanol–water partition coefficient (Wildman–Crippen LogP) is 2.27. The average molecular weight is 269 g/mol. The molecule has 0 aliphatic heterocycles. The van der Waals surface area contributed by atoms with Crippen molar-refractivity contribution >= 4 is 17.6 Å². The number of carboxylic acid groups (broad SMARTS) is 1. The molecule has 1 aromatic carbocycles. The summed E-state index contributed by atoms with van der Waals surface area (Å²) < 4.78 is 18.5. The van der Waals surface area contributed by atoms with E-state index >= 15 is 0 Å². The van der Waals surface area contributed by atoms with Gasteiger partial charge in [0.05, 0.1) is 12.5 Å². The third-order valence-corrected chi connectivity index (χ3v) is 2.43. The minimum atomic E-state index is -1.05. The van der Waals surface area contributed by atoms with Crippen LogP contribution >= 0.6 is 0 Å². The highest BCUT2D eigenvalue weighted by molar-refractivity contribution is 5.93. The standard InChI is InChI=1S/C13H16FNO4/c1-3-19-11-5-4-9(7-10(11)14)15-12(16)6-8(2)13(17)18/h4-5,7-8H,3,6H2,1-2H3,(H,15,16)(H,17,18). The number of anilines is 1. The van der Waals surface area contributed by atoms with Gasteiger partial charge in [-0.25, -0.2) is 4.39 Å². The number of hydrogen-bond donors (Lipinski definition) is 2. The van der Waals surface area contributed by atoms with E-state index in [0.717, 1.165) is 6.07 Å². The van der Waals surface area contributed by atoms with Crippen LogP contribution in [0.3, 0.4) is 0 Å². The Morgan fingerprint density at radius 3 is 2.68 bits per heavy atom. The van der Waals surface area contributed by atoms with E-state index in [1.54, 1.807) is 6.92 Å². The van der Waals surface area contributed by atoms with Crippen LogP contribution in [0.4, 0.5) is 10.1 Å². The van der Waals surface area contributed by atoms with Gasteiger partial charge in [0, 0.05) is 18.2 Å². The number of carboxylic acids is 1. The number of ether oxygens (including phenoxy) is 1. The number of hydrogen-bond acceptors (Lipinski definition) is 3. The number of nitrogens with one attached hydrogen (secondary N) is 1. The van der Waals surface area contributed by atoms with Crippen molar-refractivity contribution in [2.45, 2.75) is 20.3 Å². The first-order chi connectivity index (χ1) is 8.93. The van der Waals surface area contributed by atoms with Gasteiger partial charge in [0.2, 0.25) is 5.91 Å². The van der Waals surface area contributed by atoms with Crippen LogP contribution in [-0.4, -0.2) is 23.6 Å². The maximum atomic E-state index is 13.5. The van der Waals surface area contributed by atoms with Crippen molar-refractivity contribution < 1.29 is 23.8 Å². The van der Waals surface area contributed by atoms with Crippen molar-refractivity contribution in [2.75, 3.05) is 11.9 Å². The van der Waals surface area contributed by atoms with Crippen LogP contribution in [0.25, 0.3) is 0 Å². The van der Waals surface area contributed by atoms with Crippen molar-refractivity contribution in [3.05, 3.63) is 24.0 Å². The molecule has 0 saturated heterocycles. The maximum absolute atomic E-state index is 13.5. The molecule has 0 bridgehead atoms. The summed E-state index contributed by atoms with van der Waals surface area (Å²) in [5.41, 5.74) is 0.267. The number of benzene rings is 1. The van der Waals surface area contributed by atoms with Crippen molar-refractivity contribution in [3.63, 3.8) is 0 Å². The van der Waals surface area contributed by atoms with Gasteiger partial charge in [0.15, 0.2) is 11.6 Å². The summed E-state index contributed by atoms with van der Waals surface area (Å²) in [6.45, 7) is 3.52. The van der Waals surface area contributed by atoms with E-state index in [9.17, 15) is 14.0 Å². The van der Waals surface area contributed by atoms with Crippen molar-refractivity contribution in [3.8, 4) is 5.75 Å². The van der Waals surface area contributed by atoms with Crippen molar-refractivity contribution in [2.24, 2.45) is 5.92 Å². The highest BCUT2D eigenvalue weighted by Gasteiger charge is 2.16. The van der Waals surface area contributed by atoms with Gasteiger partial charge in [-0.05, 0) is 19.1 Å². The summed E-state index contributed by atoms with van der Waals surface area (Å²) >= 11 is 0. The first kappa shape index (κ1) is 14.9. The second-order valence-corrected chi connectivity index (χ2v) is 4.07.